The van der Waals surface area contributed by atoms with Gasteiger partial charge in [-0.1, -0.05) is 82.9 Å². The van der Waals surface area contributed by atoms with Crippen LogP contribution in [0.5, 0.6) is 0 Å². The molecule has 0 atom stereocenters. The molecule has 182 valence electrons. The Bertz CT molecular complexity index is 638. The minimum absolute atomic E-state index is 0.0817. The zero-order valence-electron chi connectivity index (χ0n) is 20.5. The molecule has 0 heterocycles. The van der Waals surface area contributed by atoms with E-state index in [1.54, 1.807) is 12.1 Å². The van der Waals surface area contributed by atoms with Crippen LogP contribution < -0.4 is 5.32 Å². The summed E-state index contributed by atoms with van der Waals surface area (Å²) in [7, 11) is 1.44. The summed E-state index contributed by atoms with van der Waals surface area (Å²) in [6.45, 7) is 6.18. The van der Waals surface area contributed by atoms with E-state index in [0.29, 0.717) is 12.0 Å². The lowest BCUT2D eigenvalue weighted by Crippen LogP contribution is -2.11. The van der Waals surface area contributed by atoms with Gasteiger partial charge in [-0.3, -0.25) is 9.59 Å². The summed E-state index contributed by atoms with van der Waals surface area (Å²) in [6.07, 6.45) is 9.43. The number of hydrogen-bond acceptors (Lipinski definition) is 3. The maximum atomic E-state index is 11.7. The standard InChI is InChI=1S/C13H11NO.C9H18O2.C2H6.2CH3Cl/c15-13(11-7-3-1-4-8-11)14-12-9-5-2-6-10-12;1-3-4-5-6-7-8-9(10)11-2;3*1-2/h1-10H,(H,14,15);3-8H2,1-2H3;1-2H3;2*1H3. The van der Waals surface area contributed by atoms with Gasteiger partial charge in [0.2, 0.25) is 0 Å². The van der Waals surface area contributed by atoms with Crippen LogP contribution in [-0.2, 0) is 9.53 Å². The quantitative estimate of drug-likeness (QED) is 0.232. The minimum atomic E-state index is -0.0819. The zero-order chi connectivity index (χ0) is 25.0. The molecule has 0 fully saturated rings. The summed E-state index contributed by atoms with van der Waals surface area (Å²) in [6, 6.07) is 18.6. The van der Waals surface area contributed by atoms with Crippen LogP contribution >= 0.6 is 23.2 Å². The molecular weight excluding hydrogens is 445 g/mol. The molecule has 0 saturated carbocycles. The molecular formula is C26H41Cl2NO3. The first kappa shape index (κ1) is 34.6. The highest BCUT2D eigenvalue weighted by Gasteiger charge is 2.03. The lowest BCUT2D eigenvalue weighted by atomic mass is 10.1. The number of carbonyl (C=O) groups is 2. The van der Waals surface area contributed by atoms with Gasteiger partial charge in [-0.15, -0.1) is 23.2 Å². The van der Waals surface area contributed by atoms with Crippen LogP contribution in [0.4, 0.5) is 5.69 Å². The molecule has 0 aliphatic carbocycles. The molecule has 6 heteroatoms. The molecule has 0 saturated heterocycles. The predicted octanol–water partition coefficient (Wildman–Crippen LogP) is 8.20. The SMILES string of the molecule is CC.CCCCCCCC(=O)OC.CCl.CCl.O=C(Nc1ccccc1)c1ccccc1. The van der Waals surface area contributed by atoms with Crippen molar-refractivity contribution in [2.75, 3.05) is 25.2 Å². The second kappa shape index (κ2) is 29.0. The third-order valence-electron chi connectivity index (χ3n) is 3.78. The number of carbonyl (C=O) groups excluding carboxylic acids is 2. The van der Waals surface area contributed by atoms with Crippen LogP contribution in [0, 0.1) is 0 Å². The number of anilines is 1. The monoisotopic (exact) mass is 485 g/mol. The molecule has 2 rings (SSSR count). The van der Waals surface area contributed by atoms with E-state index in [1.807, 2.05) is 62.4 Å². The van der Waals surface area contributed by atoms with Crippen LogP contribution in [0.3, 0.4) is 0 Å². The maximum Gasteiger partial charge on any atom is 0.305 e. The number of hydrogen-bond donors (Lipinski definition) is 1. The van der Waals surface area contributed by atoms with Crippen molar-refractivity contribution in [3.05, 3.63) is 66.2 Å². The fraction of sp³-hybridized carbons (Fsp3) is 0.462. The number of halogens is 2. The molecule has 4 nitrogen and oxygen atoms in total. The van der Waals surface area contributed by atoms with Crippen molar-refractivity contribution in [1.29, 1.82) is 0 Å². The van der Waals surface area contributed by atoms with Crippen LogP contribution in [0.15, 0.2) is 60.7 Å². The number of para-hydroxylation sites is 1. The van der Waals surface area contributed by atoms with E-state index in [4.69, 9.17) is 0 Å². The van der Waals surface area contributed by atoms with Crippen LogP contribution in [0.1, 0.15) is 69.7 Å². The van der Waals surface area contributed by atoms with Gasteiger partial charge >= 0.3 is 5.97 Å². The van der Waals surface area contributed by atoms with Gasteiger partial charge in [-0.25, -0.2) is 0 Å². The van der Waals surface area contributed by atoms with Gasteiger partial charge in [-0.2, -0.15) is 0 Å². The lowest BCUT2D eigenvalue weighted by molar-refractivity contribution is -0.140. The van der Waals surface area contributed by atoms with Crippen molar-refractivity contribution in [2.24, 2.45) is 0 Å². The molecule has 0 aromatic heterocycles. The van der Waals surface area contributed by atoms with Crippen molar-refractivity contribution >= 4 is 40.8 Å². The first-order valence-corrected chi connectivity index (χ1v) is 12.4. The summed E-state index contributed by atoms with van der Waals surface area (Å²) in [5, 5.41) is 2.82. The molecule has 0 spiro atoms. The van der Waals surface area contributed by atoms with Crippen LogP contribution in [0.2, 0.25) is 0 Å². The fourth-order valence-electron chi connectivity index (χ4n) is 2.29. The number of methoxy groups -OCH3 is 1. The predicted molar refractivity (Wildman–Crippen MR) is 141 cm³/mol. The summed E-state index contributed by atoms with van der Waals surface area (Å²) in [5.41, 5.74) is 1.48. The first-order valence-electron chi connectivity index (χ1n) is 10.9. The van der Waals surface area contributed by atoms with Crippen molar-refractivity contribution in [1.82, 2.24) is 0 Å². The average molecular weight is 487 g/mol. The molecule has 1 amide bonds. The van der Waals surface area contributed by atoms with Gasteiger partial charge in [0.05, 0.1) is 7.11 Å². The Morgan fingerprint density at radius 3 is 1.72 bits per heavy atom. The van der Waals surface area contributed by atoms with Gasteiger partial charge in [0.1, 0.15) is 0 Å². The highest BCUT2D eigenvalue weighted by Crippen LogP contribution is 2.08. The number of esters is 1. The summed E-state index contributed by atoms with van der Waals surface area (Å²) >= 11 is 9.28. The van der Waals surface area contributed by atoms with Crippen molar-refractivity contribution < 1.29 is 14.3 Å². The highest BCUT2D eigenvalue weighted by atomic mass is 35.5. The summed E-state index contributed by atoms with van der Waals surface area (Å²) < 4.78 is 4.52. The van der Waals surface area contributed by atoms with Crippen molar-refractivity contribution in [3.8, 4) is 0 Å². The normalized spacial score (nSPS) is 8.38. The Balaban J connectivity index is -0.000000440. The van der Waals surface area contributed by atoms with Gasteiger partial charge in [-0.05, 0) is 30.7 Å². The number of rotatable bonds is 8. The van der Waals surface area contributed by atoms with Crippen molar-refractivity contribution in [2.45, 2.75) is 59.3 Å². The van der Waals surface area contributed by atoms with E-state index >= 15 is 0 Å². The van der Waals surface area contributed by atoms with Gasteiger partial charge in [0, 0.05) is 30.4 Å². The topological polar surface area (TPSA) is 55.4 Å². The number of nitrogens with one attached hydrogen (secondary N) is 1. The number of unbranched alkanes of at least 4 members (excludes halogenated alkanes) is 4. The summed E-state index contributed by atoms with van der Waals surface area (Å²) in [4.78, 5) is 22.3. The molecule has 0 radical (unpaired) electrons. The number of alkyl halides is 2. The van der Waals surface area contributed by atoms with Gasteiger partial charge in [0.15, 0.2) is 0 Å². The second-order valence-corrected chi connectivity index (χ2v) is 5.93. The van der Waals surface area contributed by atoms with Gasteiger partial charge in [0.25, 0.3) is 5.91 Å². The Morgan fingerprint density at radius 2 is 1.25 bits per heavy atom. The molecule has 2 aromatic rings. The van der Waals surface area contributed by atoms with Crippen LogP contribution in [-0.4, -0.2) is 31.8 Å². The molecule has 32 heavy (non-hydrogen) atoms. The van der Waals surface area contributed by atoms with E-state index in [0.717, 1.165) is 18.5 Å². The molecule has 0 aliphatic rings. The minimum Gasteiger partial charge on any atom is -0.469 e. The molecule has 0 unspecified atom stereocenters. The Hall–Kier alpha value is -2.04. The maximum absolute atomic E-state index is 11.7. The number of amides is 1. The summed E-state index contributed by atoms with van der Waals surface area (Å²) in [5.74, 6) is -0.164. The molecule has 0 aliphatic heterocycles. The third-order valence-corrected chi connectivity index (χ3v) is 3.78. The smallest absolute Gasteiger partial charge is 0.305 e. The second-order valence-electron chi connectivity index (χ2n) is 5.93. The Morgan fingerprint density at radius 1 is 0.781 bits per heavy atom. The fourth-order valence-corrected chi connectivity index (χ4v) is 2.29. The molecule has 0 bridgehead atoms. The van der Waals surface area contributed by atoms with Crippen LogP contribution in [0.25, 0.3) is 0 Å². The largest absolute Gasteiger partial charge is 0.469 e. The zero-order valence-corrected chi connectivity index (χ0v) is 22.0. The van der Waals surface area contributed by atoms with E-state index in [9.17, 15) is 9.59 Å². The molecule has 1 N–H and O–H groups in total. The van der Waals surface area contributed by atoms with Gasteiger partial charge < -0.3 is 10.1 Å². The Labute approximate surface area is 205 Å². The number of ether oxygens (including phenoxy) is 1. The Kier molecular flexibility index (Phi) is 31.3. The van der Waals surface area contributed by atoms with Crippen molar-refractivity contribution in [3.63, 3.8) is 0 Å². The van der Waals surface area contributed by atoms with E-state index < -0.39 is 0 Å². The first-order chi connectivity index (χ1) is 15.7. The highest BCUT2D eigenvalue weighted by molar-refractivity contribution is 6.15. The van der Waals surface area contributed by atoms with E-state index in [1.165, 1.54) is 39.1 Å². The molecule has 2 aromatic carbocycles. The van der Waals surface area contributed by atoms with E-state index in [2.05, 4.69) is 40.2 Å². The average Bonchev–Trinajstić information content (AvgIpc) is 2.89. The van der Waals surface area contributed by atoms with E-state index in [-0.39, 0.29) is 11.9 Å². The number of benzene rings is 2. The third kappa shape index (κ3) is 21.2. The lowest BCUT2D eigenvalue weighted by Gasteiger charge is -2.03.